The smallest absolute Gasteiger partial charge is 0.171 e. The highest BCUT2D eigenvalue weighted by atomic mass is 35.5. The van der Waals surface area contributed by atoms with Crippen molar-refractivity contribution in [2.75, 3.05) is 45.7 Å². The topological polar surface area (TPSA) is 30.0 Å². The fraction of sp³-hybridized carbons (Fsp3) is 0.710. The minimum Gasteiger partial charge on any atom is -0.392 e. The molecule has 0 aliphatic carbocycles. The van der Waals surface area contributed by atoms with Gasteiger partial charge in [0.15, 0.2) is 5.11 Å². The number of halogens is 1. The van der Waals surface area contributed by atoms with E-state index in [1.54, 1.807) is 0 Å². The molecule has 1 fully saturated rings. The Bertz CT molecular complexity index is 789. The zero-order valence-corrected chi connectivity index (χ0v) is 26.3. The zero-order chi connectivity index (χ0) is 27.8. The van der Waals surface area contributed by atoms with Crippen molar-refractivity contribution in [1.29, 1.82) is 0 Å². The Balaban J connectivity index is 3.13. The molecule has 0 saturated carbocycles. The summed E-state index contributed by atoms with van der Waals surface area (Å²) in [6.07, 6.45) is 17.8. The van der Waals surface area contributed by atoms with Gasteiger partial charge in [-0.15, -0.1) is 11.6 Å². The van der Waals surface area contributed by atoms with E-state index in [1.807, 2.05) is 7.05 Å². The van der Waals surface area contributed by atoms with Crippen LogP contribution in [0.3, 0.4) is 0 Å². The number of alkyl halides is 1. The van der Waals surface area contributed by atoms with Gasteiger partial charge in [0.25, 0.3) is 0 Å². The molecule has 212 valence electrons. The van der Waals surface area contributed by atoms with Crippen LogP contribution in [0.25, 0.3) is 0 Å². The molecule has 1 saturated heterocycles. The molecular weight excluding hydrogens is 498 g/mol. The number of likely N-dealkylation sites (tertiary alicyclic amines) is 1. The molecule has 2 atom stereocenters. The van der Waals surface area contributed by atoms with Crippen LogP contribution < -0.4 is 0 Å². The number of hydrogen-bond acceptors (Lipinski definition) is 3. The molecule has 0 amide bonds. The molecule has 0 aromatic carbocycles. The van der Waals surface area contributed by atoms with Gasteiger partial charge in [-0.2, -0.15) is 0 Å². The van der Waals surface area contributed by atoms with Crippen LogP contribution in [-0.2, 0) is 0 Å². The largest absolute Gasteiger partial charge is 0.392 e. The number of aliphatic hydroxyl groups is 1. The molecule has 0 aromatic heterocycles. The standard InChI is InChI=1S/C31H54ClN3OS/c1-8-29-22-28(15-13-12-14-20-32)30(35(29)11-4)19-18-26(17-16-25(5)6)21-27(24-36)23-34(10-3)31(37)33(7)9-2/h8,12-13,15,21,25-26,30,36H,9-11,14,16-20,22-24H2,1-7H3/b13-12-,27-21-,28-15+,29-8+/t26-,30?/m0/s1. The molecule has 0 radical (unpaired) electrons. The van der Waals surface area contributed by atoms with E-state index in [2.05, 4.69) is 86.6 Å². The van der Waals surface area contributed by atoms with Crippen LogP contribution in [-0.4, -0.2) is 76.7 Å². The third kappa shape index (κ3) is 11.5. The Morgan fingerprint density at radius 1 is 1.19 bits per heavy atom. The summed E-state index contributed by atoms with van der Waals surface area (Å²) in [5, 5.41) is 11.1. The van der Waals surface area contributed by atoms with E-state index < -0.39 is 0 Å². The van der Waals surface area contributed by atoms with Crippen molar-refractivity contribution < 1.29 is 5.11 Å². The molecule has 0 spiro atoms. The minimum absolute atomic E-state index is 0.0802. The van der Waals surface area contributed by atoms with Gasteiger partial charge in [0.05, 0.1) is 12.6 Å². The molecule has 0 bridgehead atoms. The summed E-state index contributed by atoms with van der Waals surface area (Å²) in [5.41, 5.74) is 4.01. The lowest BCUT2D eigenvalue weighted by Crippen LogP contribution is -2.42. The van der Waals surface area contributed by atoms with E-state index >= 15 is 0 Å². The molecule has 1 unspecified atom stereocenters. The summed E-state index contributed by atoms with van der Waals surface area (Å²) in [6, 6.07) is 0.433. The average molecular weight is 552 g/mol. The SMILES string of the molecule is C/C=C1\C/C(=C\C=C/CCCl)C(CC[C@@H](/C=C(\CO)CN(CC)C(=S)N(C)CC)CCC(C)C)N1CC. The van der Waals surface area contributed by atoms with Gasteiger partial charge in [-0.3, -0.25) is 0 Å². The zero-order valence-electron chi connectivity index (χ0n) is 24.7. The van der Waals surface area contributed by atoms with E-state index in [1.165, 1.54) is 17.7 Å². The highest BCUT2D eigenvalue weighted by Crippen LogP contribution is 2.36. The van der Waals surface area contributed by atoms with Crippen molar-refractivity contribution in [1.82, 2.24) is 14.7 Å². The quantitative estimate of drug-likeness (QED) is 0.123. The Morgan fingerprint density at radius 2 is 1.92 bits per heavy atom. The summed E-state index contributed by atoms with van der Waals surface area (Å²) >= 11 is 11.6. The molecular formula is C31H54ClN3OS. The van der Waals surface area contributed by atoms with Gasteiger partial charge in [0, 0.05) is 51.2 Å². The molecule has 4 nitrogen and oxygen atoms in total. The predicted octanol–water partition coefficient (Wildman–Crippen LogP) is 7.41. The lowest BCUT2D eigenvalue weighted by atomic mass is 9.89. The van der Waals surface area contributed by atoms with Gasteiger partial charge in [0.1, 0.15) is 0 Å². The Morgan fingerprint density at radius 3 is 2.46 bits per heavy atom. The van der Waals surface area contributed by atoms with Crippen LogP contribution in [0.5, 0.6) is 0 Å². The summed E-state index contributed by atoms with van der Waals surface area (Å²) in [6.45, 7) is 16.8. The fourth-order valence-corrected chi connectivity index (χ4v) is 5.49. The van der Waals surface area contributed by atoms with Crippen LogP contribution in [0, 0.1) is 11.8 Å². The summed E-state index contributed by atoms with van der Waals surface area (Å²) < 4.78 is 0. The van der Waals surface area contributed by atoms with Crippen LogP contribution in [0.2, 0.25) is 0 Å². The lowest BCUT2D eigenvalue weighted by molar-refractivity contribution is 0.294. The normalized spacial score (nSPS) is 19.6. The number of aliphatic hydroxyl groups excluding tert-OH is 1. The molecule has 1 aliphatic rings. The van der Waals surface area contributed by atoms with Crippen molar-refractivity contribution in [3.05, 3.63) is 47.2 Å². The molecule has 1 heterocycles. The summed E-state index contributed by atoms with van der Waals surface area (Å²) in [5.74, 6) is 1.78. The average Bonchev–Trinajstić information content (AvgIpc) is 3.25. The van der Waals surface area contributed by atoms with Crippen LogP contribution >= 0.6 is 23.8 Å². The molecule has 1 N–H and O–H groups in total. The van der Waals surface area contributed by atoms with Gasteiger partial charge >= 0.3 is 0 Å². The summed E-state index contributed by atoms with van der Waals surface area (Å²) in [4.78, 5) is 6.87. The first-order chi connectivity index (χ1) is 17.8. The van der Waals surface area contributed by atoms with Gasteiger partial charge in [0.2, 0.25) is 0 Å². The minimum atomic E-state index is 0.0802. The first kappa shape index (κ1) is 33.7. The maximum atomic E-state index is 10.3. The monoisotopic (exact) mass is 551 g/mol. The molecule has 0 aromatic rings. The highest BCUT2D eigenvalue weighted by molar-refractivity contribution is 7.80. The van der Waals surface area contributed by atoms with Crippen molar-refractivity contribution in [3.8, 4) is 0 Å². The lowest BCUT2D eigenvalue weighted by Gasteiger charge is -2.31. The maximum Gasteiger partial charge on any atom is 0.171 e. The first-order valence-electron chi connectivity index (χ1n) is 14.4. The number of nitrogens with zero attached hydrogens (tertiary/aromatic N) is 3. The predicted molar refractivity (Wildman–Crippen MR) is 167 cm³/mol. The van der Waals surface area contributed by atoms with E-state index in [0.717, 1.165) is 62.4 Å². The molecule has 37 heavy (non-hydrogen) atoms. The Labute approximate surface area is 239 Å². The van der Waals surface area contributed by atoms with Crippen LogP contribution in [0.4, 0.5) is 0 Å². The maximum absolute atomic E-state index is 10.3. The number of rotatable bonds is 16. The fourth-order valence-electron chi connectivity index (χ4n) is 5.04. The number of likely N-dealkylation sites (N-methyl/N-ethyl adjacent to an activating group) is 2. The number of hydrogen-bond donors (Lipinski definition) is 1. The van der Waals surface area contributed by atoms with Gasteiger partial charge in [-0.05, 0) is 88.6 Å². The third-order valence-electron chi connectivity index (χ3n) is 7.40. The van der Waals surface area contributed by atoms with Crippen LogP contribution in [0.15, 0.2) is 47.2 Å². The summed E-state index contributed by atoms with van der Waals surface area (Å²) in [7, 11) is 2.04. The second kappa shape index (κ2) is 18.9. The van der Waals surface area contributed by atoms with Crippen molar-refractivity contribution in [2.24, 2.45) is 11.8 Å². The van der Waals surface area contributed by atoms with Gasteiger partial charge < -0.3 is 19.8 Å². The van der Waals surface area contributed by atoms with E-state index in [4.69, 9.17) is 23.8 Å². The second-order valence-corrected chi connectivity index (χ2v) is 11.3. The molecule has 1 aliphatic heterocycles. The highest BCUT2D eigenvalue weighted by Gasteiger charge is 2.30. The third-order valence-corrected chi connectivity index (χ3v) is 8.19. The van der Waals surface area contributed by atoms with Crippen molar-refractivity contribution in [3.63, 3.8) is 0 Å². The molecule has 1 rings (SSSR count). The van der Waals surface area contributed by atoms with Crippen molar-refractivity contribution >= 4 is 28.9 Å². The van der Waals surface area contributed by atoms with Gasteiger partial charge in [-0.1, -0.05) is 50.6 Å². The molecule has 6 heteroatoms. The Hall–Kier alpha value is -1.30. The number of allylic oxidation sites excluding steroid dienone is 6. The van der Waals surface area contributed by atoms with Gasteiger partial charge in [-0.25, -0.2) is 0 Å². The number of thiocarbonyl (C=S) groups is 1. The Kier molecular flexibility index (Phi) is 17.2. The van der Waals surface area contributed by atoms with E-state index in [0.29, 0.717) is 30.3 Å². The van der Waals surface area contributed by atoms with Crippen LogP contribution in [0.1, 0.15) is 80.1 Å². The van der Waals surface area contributed by atoms with E-state index in [9.17, 15) is 5.11 Å². The van der Waals surface area contributed by atoms with E-state index in [-0.39, 0.29) is 6.61 Å². The first-order valence-corrected chi connectivity index (χ1v) is 15.3. The van der Waals surface area contributed by atoms with Crippen molar-refractivity contribution in [2.45, 2.75) is 86.1 Å². The second-order valence-electron chi connectivity index (χ2n) is 10.5.